The number of allylic oxidation sites excluding steroid dienone is 2. The van der Waals surface area contributed by atoms with Crippen molar-refractivity contribution < 1.29 is 0 Å². The SMILES string of the molecule is CN(C)C1CCN(C2=CC=CC3=NC(C)([C@H]4CCC[C@@H](c5ncccc5Cl)N4C)CN23)CC1. The van der Waals surface area contributed by atoms with E-state index in [2.05, 4.69) is 70.9 Å². The zero-order valence-electron chi connectivity index (χ0n) is 20.4. The van der Waals surface area contributed by atoms with Gasteiger partial charge in [-0.1, -0.05) is 17.7 Å². The van der Waals surface area contributed by atoms with E-state index < -0.39 is 0 Å². The Balaban J connectivity index is 1.34. The van der Waals surface area contributed by atoms with Crippen LogP contribution < -0.4 is 0 Å². The van der Waals surface area contributed by atoms with Crippen molar-refractivity contribution >= 4 is 17.4 Å². The summed E-state index contributed by atoms with van der Waals surface area (Å²) < 4.78 is 0. The Bertz CT molecular complexity index is 963. The van der Waals surface area contributed by atoms with Crippen molar-refractivity contribution in [3.05, 3.63) is 53.1 Å². The normalized spacial score (nSPS) is 31.1. The van der Waals surface area contributed by atoms with Gasteiger partial charge in [-0.2, -0.15) is 0 Å². The number of likely N-dealkylation sites (tertiary alicyclic amines) is 2. The molecule has 5 heterocycles. The minimum Gasteiger partial charge on any atom is -0.358 e. The molecule has 1 aromatic rings. The van der Waals surface area contributed by atoms with E-state index in [9.17, 15) is 0 Å². The summed E-state index contributed by atoms with van der Waals surface area (Å²) in [6, 6.07) is 5.14. The zero-order valence-corrected chi connectivity index (χ0v) is 21.2. The number of hydrogen-bond acceptors (Lipinski definition) is 6. The number of aromatic nitrogens is 1. The first kappa shape index (κ1) is 22.9. The number of amidine groups is 1. The Morgan fingerprint density at radius 3 is 2.67 bits per heavy atom. The fourth-order valence-corrected chi connectivity index (χ4v) is 6.56. The van der Waals surface area contributed by atoms with Gasteiger partial charge in [0.2, 0.25) is 0 Å². The van der Waals surface area contributed by atoms with Gasteiger partial charge in [0.05, 0.1) is 28.8 Å². The Morgan fingerprint density at radius 2 is 1.94 bits per heavy atom. The standard InChI is InChI=1S/C26H37ClN6/c1-26(22-10-5-9-21(31(22)4)25-20(27)8-7-15-28-25)18-33-23(29-26)11-6-12-24(33)32-16-13-19(14-17-32)30(2)3/h6-8,11-12,15,19,21-22H,5,9-10,13-14,16-18H2,1-4H3/t21-,22+,26?/m0/s1. The molecule has 0 aliphatic carbocycles. The molecule has 33 heavy (non-hydrogen) atoms. The van der Waals surface area contributed by atoms with E-state index >= 15 is 0 Å². The lowest BCUT2D eigenvalue weighted by atomic mass is 9.82. The number of nitrogens with zero attached hydrogens (tertiary/aromatic N) is 6. The van der Waals surface area contributed by atoms with Crippen molar-refractivity contribution in [2.75, 3.05) is 40.8 Å². The third kappa shape index (κ3) is 4.22. The lowest BCUT2D eigenvalue weighted by Crippen LogP contribution is -2.54. The highest BCUT2D eigenvalue weighted by Crippen LogP contribution is 2.42. The van der Waals surface area contributed by atoms with E-state index in [1.165, 1.54) is 25.1 Å². The second-order valence-electron chi connectivity index (χ2n) is 10.5. The third-order valence-corrected chi connectivity index (χ3v) is 8.49. The molecular weight excluding hydrogens is 432 g/mol. The predicted molar refractivity (Wildman–Crippen MR) is 135 cm³/mol. The van der Waals surface area contributed by atoms with Gasteiger partial charge in [0.15, 0.2) is 0 Å². The van der Waals surface area contributed by atoms with Gasteiger partial charge in [-0.25, -0.2) is 0 Å². The molecule has 0 saturated carbocycles. The third-order valence-electron chi connectivity index (χ3n) is 8.17. The predicted octanol–water partition coefficient (Wildman–Crippen LogP) is 4.17. The average Bonchev–Trinajstić information content (AvgIpc) is 3.17. The van der Waals surface area contributed by atoms with Crippen LogP contribution in [0.25, 0.3) is 0 Å². The summed E-state index contributed by atoms with van der Waals surface area (Å²) in [5.41, 5.74) is 0.835. The smallest absolute Gasteiger partial charge is 0.129 e. The second-order valence-corrected chi connectivity index (χ2v) is 10.9. The molecule has 3 atom stereocenters. The molecule has 0 spiro atoms. The highest BCUT2D eigenvalue weighted by molar-refractivity contribution is 6.31. The van der Waals surface area contributed by atoms with Crippen LogP contribution in [0.3, 0.4) is 0 Å². The summed E-state index contributed by atoms with van der Waals surface area (Å²) >= 11 is 6.55. The van der Waals surface area contributed by atoms with Crippen LogP contribution in [0, 0.1) is 0 Å². The van der Waals surface area contributed by atoms with Gasteiger partial charge in [0.1, 0.15) is 11.7 Å². The van der Waals surface area contributed by atoms with Crippen LogP contribution in [0.1, 0.15) is 50.8 Å². The van der Waals surface area contributed by atoms with Crippen LogP contribution >= 0.6 is 11.6 Å². The fourth-order valence-electron chi connectivity index (χ4n) is 6.31. The van der Waals surface area contributed by atoms with Gasteiger partial charge in [-0.05, 0) is 84.5 Å². The van der Waals surface area contributed by atoms with Crippen LogP contribution in [0.2, 0.25) is 5.02 Å². The van der Waals surface area contributed by atoms with Gasteiger partial charge in [-0.15, -0.1) is 0 Å². The van der Waals surface area contributed by atoms with Crippen molar-refractivity contribution in [2.45, 2.75) is 62.7 Å². The maximum Gasteiger partial charge on any atom is 0.129 e. The molecule has 4 aliphatic heterocycles. The highest BCUT2D eigenvalue weighted by Gasteiger charge is 2.47. The van der Waals surface area contributed by atoms with Crippen LogP contribution in [0.4, 0.5) is 0 Å². The molecular formula is C26H37ClN6. The van der Waals surface area contributed by atoms with E-state index in [1.807, 2.05) is 18.3 Å². The van der Waals surface area contributed by atoms with Gasteiger partial charge in [0.25, 0.3) is 0 Å². The molecule has 0 aromatic carbocycles. The molecule has 178 valence electrons. The quantitative estimate of drug-likeness (QED) is 0.663. The molecule has 0 amide bonds. The summed E-state index contributed by atoms with van der Waals surface area (Å²) in [6.07, 6.45) is 14.3. The van der Waals surface area contributed by atoms with Crippen LogP contribution in [-0.2, 0) is 0 Å². The minimum absolute atomic E-state index is 0.167. The lowest BCUT2D eigenvalue weighted by molar-refractivity contribution is 0.0595. The highest BCUT2D eigenvalue weighted by atomic mass is 35.5. The molecule has 5 rings (SSSR count). The first-order valence-corrected chi connectivity index (χ1v) is 12.7. The van der Waals surface area contributed by atoms with Crippen LogP contribution in [0.5, 0.6) is 0 Å². The topological polar surface area (TPSA) is 38.2 Å². The number of hydrogen-bond donors (Lipinski definition) is 0. The Kier molecular flexibility index (Phi) is 6.27. The van der Waals surface area contributed by atoms with E-state index in [4.69, 9.17) is 16.6 Å². The summed E-state index contributed by atoms with van der Waals surface area (Å²) in [4.78, 5) is 19.9. The maximum absolute atomic E-state index is 6.55. The van der Waals surface area contributed by atoms with Gasteiger partial charge >= 0.3 is 0 Å². The van der Waals surface area contributed by atoms with Crippen molar-refractivity contribution in [3.63, 3.8) is 0 Å². The number of aliphatic imine (C=N–C) groups is 1. The fraction of sp³-hybridized carbons (Fsp3) is 0.615. The second kappa shape index (κ2) is 9.05. The number of halogens is 1. The number of rotatable bonds is 4. The van der Waals surface area contributed by atoms with E-state index in [-0.39, 0.29) is 11.6 Å². The Hall–Kier alpha value is -1.89. The summed E-state index contributed by atoms with van der Waals surface area (Å²) in [7, 11) is 6.64. The van der Waals surface area contributed by atoms with Crippen molar-refractivity contribution in [1.82, 2.24) is 24.6 Å². The Labute approximate surface area is 203 Å². The number of piperidine rings is 2. The monoisotopic (exact) mass is 468 g/mol. The Morgan fingerprint density at radius 1 is 1.15 bits per heavy atom. The van der Waals surface area contributed by atoms with Crippen molar-refractivity contribution in [2.24, 2.45) is 4.99 Å². The summed E-state index contributed by atoms with van der Waals surface area (Å²) in [5, 5.41) is 0.768. The van der Waals surface area contributed by atoms with E-state index in [1.54, 1.807) is 0 Å². The first-order valence-electron chi connectivity index (χ1n) is 12.4. The van der Waals surface area contributed by atoms with E-state index in [0.717, 1.165) is 49.0 Å². The van der Waals surface area contributed by atoms with Crippen LogP contribution in [-0.4, -0.2) is 88.8 Å². The number of pyridine rings is 1. The van der Waals surface area contributed by atoms with Crippen molar-refractivity contribution in [3.8, 4) is 0 Å². The number of likely N-dealkylation sites (N-methyl/N-ethyl adjacent to an activating group) is 1. The maximum atomic E-state index is 6.55. The van der Waals surface area contributed by atoms with Crippen LogP contribution in [0.15, 0.2) is 47.4 Å². The molecule has 1 aromatic heterocycles. The largest absolute Gasteiger partial charge is 0.358 e. The molecule has 0 N–H and O–H groups in total. The summed E-state index contributed by atoms with van der Waals surface area (Å²) in [5.74, 6) is 2.43. The van der Waals surface area contributed by atoms with Gasteiger partial charge in [0, 0.05) is 31.4 Å². The van der Waals surface area contributed by atoms with E-state index in [0.29, 0.717) is 12.1 Å². The molecule has 4 aliphatic rings. The summed E-state index contributed by atoms with van der Waals surface area (Å²) in [6.45, 7) is 5.47. The van der Waals surface area contributed by atoms with Crippen molar-refractivity contribution in [1.29, 1.82) is 0 Å². The minimum atomic E-state index is -0.167. The molecule has 1 unspecified atom stereocenters. The molecule has 2 saturated heterocycles. The molecule has 7 heteroatoms. The lowest BCUT2D eigenvalue weighted by Gasteiger charge is -2.46. The average molecular weight is 469 g/mol. The first-order chi connectivity index (χ1) is 15.9. The molecule has 2 fully saturated rings. The zero-order chi connectivity index (χ0) is 23.2. The van der Waals surface area contributed by atoms with Gasteiger partial charge < -0.3 is 14.7 Å². The molecule has 0 bridgehead atoms. The van der Waals surface area contributed by atoms with Gasteiger partial charge in [-0.3, -0.25) is 14.9 Å². The number of fused-ring (bicyclic) bond motifs is 1. The molecule has 0 radical (unpaired) electrons. The molecule has 6 nitrogen and oxygen atoms in total.